The zero-order valence-corrected chi connectivity index (χ0v) is 27.8. The third kappa shape index (κ3) is 5.00. The molecule has 3 fully saturated rings. The van der Waals surface area contributed by atoms with Gasteiger partial charge in [0, 0.05) is 21.7 Å². The molecule has 48 heavy (non-hydrogen) atoms. The van der Waals surface area contributed by atoms with Crippen LogP contribution in [0.25, 0.3) is 0 Å². The molecular weight excluding hydrogens is 651 g/mol. The first-order valence-corrected chi connectivity index (χ1v) is 17.7. The highest BCUT2D eigenvalue weighted by Crippen LogP contribution is 2.68. The molecule has 0 spiro atoms. The highest BCUT2D eigenvalue weighted by Gasteiger charge is 2.69. The van der Waals surface area contributed by atoms with Crippen molar-refractivity contribution in [3.63, 3.8) is 0 Å². The van der Waals surface area contributed by atoms with Crippen LogP contribution in [0.4, 0.5) is 11.4 Å². The number of anilines is 2. The van der Waals surface area contributed by atoms with Crippen molar-refractivity contribution in [2.24, 2.45) is 29.6 Å². The van der Waals surface area contributed by atoms with Crippen LogP contribution in [0.15, 0.2) is 82.6 Å². The Morgan fingerprint density at radius 1 is 0.938 bits per heavy atom. The van der Waals surface area contributed by atoms with Crippen LogP contribution >= 0.6 is 23.1 Å². The van der Waals surface area contributed by atoms with E-state index < -0.39 is 5.92 Å². The maximum Gasteiger partial charge on any atom is 0.305 e. The first kappa shape index (κ1) is 30.8. The lowest BCUT2D eigenvalue weighted by atomic mass is 9.68. The lowest BCUT2D eigenvalue weighted by molar-refractivity contribution is -0.123. The van der Waals surface area contributed by atoms with Crippen LogP contribution in [0.2, 0.25) is 0 Å². The Labute approximate surface area is 284 Å². The normalized spacial score (nSPS) is 26.5. The highest BCUT2D eigenvalue weighted by atomic mass is 32.2. The Bertz CT molecular complexity index is 1960. The van der Waals surface area contributed by atoms with Gasteiger partial charge in [0.1, 0.15) is 5.75 Å². The molecule has 2 N–H and O–H groups in total. The second-order valence-electron chi connectivity index (χ2n) is 12.5. The van der Waals surface area contributed by atoms with Crippen molar-refractivity contribution < 1.29 is 28.6 Å². The summed E-state index contributed by atoms with van der Waals surface area (Å²) in [5, 5.41) is 3.71. The van der Waals surface area contributed by atoms with Crippen molar-refractivity contribution in [1.29, 1.82) is 0 Å². The zero-order valence-electron chi connectivity index (χ0n) is 26.2. The van der Waals surface area contributed by atoms with E-state index in [-0.39, 0.29) is 64.0 Å². The summed E-state index contributed by atoms with van der Waals surface area (Å²) in [6.45, 7) is 2.07. The van der Waals surface area contributed by atoms with Gasteiger partial charge < -0.3 is 24.5 Å². The standard InChI is InChI=1S/C36H33N3O7S2/c1-3-45-25-15-18(9-14-24(25)46-17-26(40)37-19-7-5-4-6-8-19)27-28-22-16-23(31(28)47-33-32(27)48-36(43)38-33)30-29(22)34(41)39(35(30)42)20-10-12-21(44-2)13-11-20/h4-15,22-23,27-31H,3,16-17H2,1-2H3,(H,37,40)(H,38,43)/t22-,23-,27-,28?,29?,30?,31?/m1/s1. The van der Waals surface area contributed by atoms with E-state index in [4.69, 9.17) is 14.2 Å². The van der Waals surface area contributed by atoms with E-state index in [2.05, 4.69) is 10.3 Å². The third-order valence-electron chi connectivity index (χ3n) is 10.1. The second kappa shape index (κ2) is 12.2. The van der Waals surface area contributed by atoms with Crippen molar-refractivity contribution in [1.82, 2.24) is 4.98 Å². The first-order valence-electron chi connectivity index (χ1n) is 16.0. The van der Waals surface area contributed by atoms with Gasteiger partial charge in [-0.1, -0.05) is 35.6 Å². The van der Waals surface area contributed by atoms with E-state index in [9.17, 15) is 19.2 Å². The number of imide groups is 1. The van der Waals surface area contributed by atoms with Crippen molar-refractivity contribution in [3.05, 3.63) is 92.9 Å². The summed E-state index contributed by atoms with van der Waals surface area (Å²) in [6, 6.07) is 21.9. The summed E-state index contributed by atoms with van der Waals surface area (Å²) < 4.78 is 17.2. The Morgan fingerprint density at radius 2 is 1.69 bits per heavy atom. The van der Waals surface area contributed by atoms with Gasteiger partial charge in [-0.15, -0.1) is 11.8 Å². The van der Waals surface area contributed by atoms with E-state index in [0.717, 1.165) is 21.9 Å². The predicted octanol–water partition coefficient (Wildman–Crippen LogP) is 5.54. The number of rotatable bonds is 9. The number of thiazole rings is 1. The molecule has 2 bridgehead atoms. The maximum absolute atomic E-state index is 14.1. The molecule has 3 amide bonds. The molecule has 4 unspecified atom stereocenters. The molecule has 4 aliphatic rings. The summed E-state index contributed by atoms with van der Waals surface area (Å²) in [6.07, 6.45) is 0.789. The van der Waals surface area contributed by atoms with E-state index in [0.29, 0.717) is 35.2 Å². The molecule has 12 heteroatoms. The number of benzene rings is 3. The number of hydrogen-bond donors (Lipinski definition) is 2. The van der Waals surface area contributed by atoms with Gasteiger partial charge in [0.15, 0.2) is 18.1 Å². The fourth-order valence-electron chi connectivity index (χ4n) is 8.34. The summed E-state index contributed by atoms with van der Waals surface area (Å²) in [5.41, 5.74) is 2.18. The van der Waals surface area contributed by atoms with Crippen LogP contribution in [0.3, 0.4) is 0 Å². The fraction of sp³-hybridized carbons (Fsp3) is 0.333. The molecule has 8 rings (SSSR count). The molecular formula is C36H33N3O7S2. The highest BCUT2D eigenvalue weighted by molar-refractivity contribution is 8.00. The number of para-hydroxylation sites is 1. The molecule has 2 aliphatic heterocycles. The number of thioether (sulfide) groups is 1. The summed E-state index contributed by atoms with van der Waals surface area (Å²) in [7, 11) is 1.58. The van der Waals surface area contributed by atoms with Crippen molar-refractivity contribution in [2.45, 2.75) is 29.5 Å². The lowest BCUT2D eigenvalue weighted by Crippen LogP contribution is -2.42. The number of ether oxygens (including phenoxy) is 3. The van der Waals surface area contributed by atoms with Gasteiger partial charge in [-0.2, -0.15) is 0 Å². The Morgan fingerprint density at radius 3 is 2.42 bits per heavy atom. The van der Waals surface area contributed by atoms with Gasteiger partial charge in [0.25, 0.3) is 5.91 Å². The molecule has 10 nitrogen and oxygen atoms in total. The van der Waals surface area contributed by atoms with E-state index >= 15 is 0 Å². The van der Waals surface area contributed by atoms with Crippen molar-refractivity contribution in [3.8, 4) is 17.2 Å². The second-order valence-corrected chi connectivity index (χ2v) is 14.7. The number of carbonyl (C=O) groups is 3. The predicted molar refractivity (Wildman–Crippen MR) is 182 cm³/mol. The molecule has 2 aliphatic carbocycles. The van der Waals surface area contributed by atoms with Gasteiger partial charge in [0.2, 0.25) is 11.8 Å². The zero-order chi connectivity index (χ0) is 33.1. The number of nitrogens with one attached hydrogen (secondary N) is 2. The molecule has 3 heterocycles. The number of carbonyl (C=O) groups excluding carboxylic acids is 3. The Hall–Kier alpha value is -4.55. The SMILES string of the molecule is CCOc1cc([C@H]2c3sc(=O)[nH]c3SC3C2[C@H]2C[C@@H]3C3C(=O)N(c4ccc(OC)cc4)C(=O)C32)ccc1OCC(=O)Nc1ccccc1. The average Bonchev–Trinajstić information content (AvgIpc) is 3.83. The van der Waals surface area contributed by atoms with Gasteiger partial charge in [-0.05, 0) is 85.2 Å². The smallest absolute Gasteiger partial charge is 0.305 e. The molecule has 2 saturated carbocycles. The lowest BCUT2D eigenvalue weighted by Gasteiger charge is -2.43. The van der Waals surface area contributed by atoms with E-state index in [1.165, 1.54) is 16.2 Å². The number of aromatic nitrogens is 1. The van der Waals surface area contributed by atoms with Gasteiger partial charge >= 0.3 is 4.87 Å². The Kier molecular flexibility index (Phi) is 7.79. The summed E-state index contributed by atoms with van der Waals surface area (Å²) >= 11 is 2.85. The number of amides is 3. The number of H-pyrrole nitrogens is 1. The third-order valence-corrected chi connectivity index (χ3v) is 12.7. The first-order chi connectivity index (χ1) is 23.4. The van der Waals surface area contributed by atoms with Crippen molar-refractivity contribution in [2.75, 3.05) is 30.5 Å². The molecule has 1 aromatic heterocycles. The van der Waals surface area contributed by atoms with E-state index in [1.807, 2.05) is 43.3 Å². The van der Waals surface area contributed by atoms with E-state index in [1.54, 1.807) is 55.3 Å². The molecule has 4 aromatic rings. The fourth-order valence-corrected chi connectivity index (χ4v) is 11.2. The largest absolute Gasteiger partial charge is 0.497 e. The maximum atomic E-state index is 14.1. The number of methoxy groups -OCH3 is 1. The average molecular weight is 684 g/mol. The van der Waals surface area contributed by atoms with Crippen LogP contribution in [-0.2, 0) is 14.4 Å². The molecule has 1 saturated heterocycles. The topological polar surface area (TPSA) is 127 Å². The van der Waals surface area contributed by atoms with Gasteiger partial charge in [-0.25, -0.2) is 0 Å². The summed E-state index contributed by atoms with van der Waals surface area (Å²) in [4.78, 5) is 58.6. The minimum Gasteiger partial charge on any atom is -0.497 e. The minimum atomic E-state index is -0.414. The van der Waals surface area contributed by atoms with Gasteiger partial charge in [-0.3, -0.25) is 24.1 Å². The number of nitrogens with zero attached hydrogens (tertiary/aromatic N) is 1. The number of hydrogen-bond acceptors (Lipinski definition) is 9. The van der Waals surface area contributed by atoms with Crippen molar-refractivity contribution >= 4 is 52.2 Å². The minimum absolute atomic E-state index is 0.00541. The van der Waals surface area contributed by atoms with Crippen LogP contribution in [0.1, 0.15) is 29.7 Å². The van der Waals surface area contributed by atoms with Crippen LogP contribution in [0.5, 0.6) is 17.2 Å². The number of fused-ring (bicyclic) bond motifs is 9. The molecule has 246 valence electrons. The Balaban J connectivity index is 1.10. The molecule has 7 atom stereocenters. The van der Waals surface area contributed by atoms with Crippen LogP contribution in [-0.4, -0.2) is 48.3 Å². The quantitative estimate of drug-likeness (QED) is 0.220. The summed E-state index contributed by atoms with van der Waals surface area (Å²) in [5.74, 6) is 0.0411. The van der Waals surface area contributed by atoms with Crippen LogP contribution < -0.4 is 29.3 Å². The number of aromatic amines is 1. The molecule has 0 radical (unpaired) electrons. The monoisotopic (exact) mass is 683 g/mol. The van der Waals surface area contributed by atoms with Crippen LogP contribution in [0, 0.1) is 29.6 Å². The van der Waals surface area contributed by atoms with Gasteiger partial charge in [0.05, 0.1) is 36.3 Å². The molecule has 3 aromatic carbocycles.